The zero-order valence-corrected chi connectivity index (χ0v) is 20.8. The van der Waals surface area contributed by atoms with Crippen LogP contribution in [0, 0.1) is 6.92 Å². The average molecular weight is 474 g/mol. The van der Waals surface area contributed by atoms with E-state index >= 15 is 0 Å². The zero-order chi connectivity index (χ0) is 24.4. The number of nitrogens with one attached hydrogen (secondary N) is 1. The van der Waals surface area contributed by atoms with Gasteiger partial charge in [-0.1, -0.05) is 68.3 Å². The monoisotopic (exact) mass is 473 g/mol. The minimum atomic E-state index is -3.71. The van der Waals surface area contributed by atoms with E-state index in [1.165, 1.54) is 4.90 Å². The Morgan fingerprint density at radius 2 is 1.64 bits per heavy atom. The maximum atomic E-state index is 13.5. The normalized spacial score (nSPS) is 12.1. The molecule has 2 rings (SSSR count). The Hall–Kier alpha value is -2.87. The Kier molecular flexibility index (Phi) is 9.91. The lowest BCUT2D eigenvalue weighted by Crippen LogP contribution is -2.52. The number of nitrogens with zero attached hydrogens (tertiary/aromatic N) is 2. The van der Waals surface area contributed by atoms with E-state index in [2.05, 4.69) is 5.32 Å². The first-order valence-corrected chi connectivity index (χ1v) is 13.2. The third-order valence-electron chi connectivity index (χ3n) is 5.41. The van der Waals surface area contributed by atoms with Gasteiger partial charge in [0, 0.05) is 13.1 Å². The average Bonchev–Trinajstić information content (AvgIpc) is 2.78. The van der Waals surface area contributed by atoms with E-state index < -0.39 is 22.0 Å². The maximum absolute atomic E-state index is 13.5. The fourth-order valence-corrected chi connectivity index (χ4v) is 4.37. The van der Waals surface area contributed by atoms with Crippen LogP contribution in [0.25, 0.3) is 0 Å². The molecule has 7 nitrogen and oxygen atoms in total. The van der Waals surface area contributed by atoms with Gasteiger partial charge in [-0.2, -0.15) is 0 Å². The Morgan fingerprint density at radius 1 is 1.00 bits per heavy atom. The molecule has 0 heterocycles. The molecule has 180 valence electrons. The Morgan fingerprint density at radius 3 is 2.18 bits per heavy atom. The topological polar surface area (TPSA) is 86.8 Å². The number of anilines is 1. The molecule has 8 heteroatoms. The highest BCUT2D eigenvalue weighted by molar-refractivity contribution is 7.92. The molecule has 0 aliphatic carbocycles. The molecule has 0 saturated carbocycles. The fourth-order valence-electron chi connectivity index (χ4n) is 3.52. The molecule has 0 spiro atoms. The number of carbonyl (C=O) groups excluding carboxylic acids is 2. The largest absolute Gasteiger partial charge is 0.354 e. The Labute approximate surface area is 197 Å². The summed E-state index contributed by atoms with van der Waals surface area (Å²) in [7, 11) is -3.71. The molecule has 2 amide bonds. The third kappa shape index (κ3) is 7.89. The van der Waals surface area contributed by atoms with Crippen LogP contribution < -0.4 is 9.62 Å². The van der Waals surface area contributed by atoms with Crippen LogP contribution in [0.5, 0.6) is 0 Å². The van der Waals surface area contributed by atoms with Crippen LogP contribution in [0.4, 0.5) is 5.69 Å². The van der Waals surface area contributed by atoms with Crippen molar-refractivity contribution in [1.29, 1.82) is 0 Å². The van der Waals surface area contributed by atoms with E-state index in [4.69, 9.17) is 0 Å². The van der Waals surface area contributed by atoms with Crippen LogP contribution in [0.2, 0.25) is 0 Å². The van der Waals surface area contributed by atoms with Crippen molar-refractivity contribution in [3.8, 4) is 0 Å². The summed E-state index contributed by atoms with van der Waals surface area (Å²) in [5, 5.41) is 2.92. The SMILES string of the molecule is CCCCNC(=O)C(CC)N(Cc1ccc(C)cc1)C(=O)CN(c1ccccc1)S(C)(=O)=O. The van der Waals surface area contributed by atoms with Gasteiger partial charge in [0.1, 0.15) is 12.6 Å². The van der Waals surface area contributed by atoms with Crippen molar-refractivity contribution >= 4 is 27.5 Å². The number of para-hydroxylation sites is 1. The van der Waals surface area contributed by atoms with E-state index in [-0.39, 0.29) is 19.0 Å². The first-order chi connectivity index (χ1) is 15.7. The van der Waals surface area contributed by atoms with Crippen LogP contribution in [-0.4, -0.2) is 50.5 Å². The number of hydrogen-bond acceptors (Lipinski definition) is 4. The summed E-state index contributed by atoms with van der Waals surface area (Å²) in [6.45, 7) is 6.24. The maximum Gasteiger partial charge on any atom is 0.244 e. The van der Waals surface area contributed by atoms with Crippen LogP contribution in [0.3, 0.4) is 0 Å². The molecule has 1 unspecified atom stereocenters. The molecule has 2 aromatic carbocycles. The lowest BCUT2D eigenvalue weighted by molar-refractivity contribution is -0.140. The first-order valence-electron chi connectivity index (χ1n) is 11.3. The number of rotatable bonds is 12. The molecule has 1 atom stereocenters. The molecule has 1 N–H and O–H groups in total. The second-order valence-electron chi connectivity index (χ2n) is 8.18. The van der Waals surface area contributed by atoms with Gasteiger partial charge in [0.2, 0.25) is 21.8 Å². The van der Waals surface area contributed by atoms with Crippen molar-refractivity contribution in [1.82, 2.24) is 10.2 Å². The lowest BCUT2D eigenvalue weighted by Gasteiger charge is -2.33. The highest BCUT2D eigenvalue weighted by atomic mass is 32.2. The van der Waals surface area contributed by atoms with E-state index in [9.17, 15) is 18.0 Å². The second-order valence-corrected chi connectivity index (χ2v) is 10.1. The van der Waals surface area contributed by atoms with Gasteiger partial charge >= 0.3 is 0 Å². The molecule has 0 aliphatic heterocycles. The number of carbonyl (C=O) groups is 2. The van der Waals surface area contributed by atoms with Crippen molar-refractivity contribution in [2.75, 3.05) is 23.7 Å². The standard InChI is InChI=1S/C25H35N3O4S/c1-5-7-17-26-25(30)23(6-2)27(18-21-15-13-20(3)14-16-21)24(29)19-28(33(4,31)32)22-11-9-8-10-12-22/h8-16,23H,5-7,17-19H2,1-4H3,(H,26,30). The minimum absolute atomic E-state index is 0.214. The van der Waals surface area contributed by atoms with Crippen LogP contribution in [0.1, 0.15) is 44.2 Å². The summed E-state index contributed by atoms with van der Waals surface area (Å²) in [4.78, 5) is 28.0. The van der Waals surface area contributed by atoms with Gasteiger partial charge < -0.3 is 10.2 Å². The summed E-state index contributed by atoms with van der Waals surface area (Å²) < 4.78 is 26.1. The molecule has 33 heavy (non-hydrogen) atoms. The summed E-state index contributed by atoms with van der Waals surface area (Å²) in [5.41, 5.74) is 2.37. The zero-order valence-electron chi connectivity index (χ0n) is 20.0. The van der Waals surface area contributed by atoms with E-state index in [1.54, 1.807) is 30.3 Å². The number of sulfonamides is 1. The highest BCUT2D eigenvalue weighted by Crippen LogP contribution is 2.19. The van der Waals surface area contributed by atoms with E-state index in [0.29, 0.717) is 18.7 Å². The number of benzene rings is 2. The minimum Gasteiger partial charge on any atom is -0.354 e. The van der Waals surface area contributed by atoms with Gasteiger partial charge in [0.25, 0.3) is 0 Å². The van der Waals surface area contributed by atoms with Crippen molar-refractivity contribution < 1.29 is 18.0 Å². The molecular weight excluding hydrogens is 438 g/mol. The van der Waals surface area contributed by atoms with Gasteiger partial charge in [-0.05, 0) is 37.5 Å². The molecule has 0 saturated heterocycles. The molecule has 0 fully saturated rings. The smallest absolute Gasteiger partial charge is 0.244 e. The van der Waals surface area contributed by atoms with Gasteiger partial charge in [-0.15, -0.1) is 0 Å². The Balaban J connectivity index is 2.36. The van der Waals surface area contributed by atoms with Crippen LogP contribution >= 0.6 is 0 Å². The summed E-state index contributed by atoms with van der Waals surface area (Å²) in [6.07, 6.45) is 3.29. The quantitative estimate of drug-likeness (QED) is 0.478. The molecule has 2 aromatic rings. The number of amides is 2. The van der Waals surface area contributed by atoms with E-state index in [1.807, 2.05) is 45.0 Å². The lowest BCUT2D eigenvalue weighted by atomic mass is 10.1. The predicted octanol–water partition coefficient (Wildman–Crippen LogP) is 3.48. The van der Waals surface area contributed by atoms with Gasteiger partial charge in [-0.25, -0.2) is 8.42 Å². The van der Waals surface area contributed by atoms with Gasteiger partial charge in [0.05, 0.1) is 11.9 Å². The molecule has 0 bridgehead atoms. The van der Waals surface area contributed by atoms with Gasteiger partial charge in [0.15, 0.2) is 0 Å². The number of unbranched alkanes of at least 4 members (excludes halogenated alkanes) is 1. The van der Waals surface area contributed by atoms with Crippen LogP contribution in [0.15, 0.2) is 54.6 Å². The number of hydrogen-bond donors (Lipinski definition) is 1. The van der Waals surface area contributed by atoms with Crippen molar-refractivity contribution in [2.24, 2.45) is 0 Å². The molecular formula is C25H35N3O4S. The van der Waals surface area contributed by atoms with Crippen LogP contribution in [-0.2, 0) is 26.2 Å². The van der Waals surface area contributed by atoms with Gasteiger partial charge in [-0.3, -0.25) is 13.9 Å². The summed E-state index contributed by atoms with van der Waals surface area (Å²) in [6, 6.07) is 15.6. The summed E-state index contributed by atoms with van der Waals surface area (Å²) >= 11 is 0. The molecule has 0 aliphatic rings. The molecule has 0 aromatic heterocycles. The second kappa shape index (κ2) is 12.4. The van der Waals surface area contributed by atoms with Crippen molar-refractivity contribution in [3.63, 3.8) is 0 Å². The summed E-state index contributed by atoms with van der Waals surface area (Å²) in [5.74, 6) is -0.653. The fraction of sp³-hybridized carbons (Fsp3) is 0.440. The molecule has 0 radical (unpaired) electrons. The Bertz CT molecular complexity index is 1010. The third-order valence-corrected chi connectivity index (χ3v) is 6.55. The predicted molar refractivity (Wildman–Crippen MR) is 132 cm³/mol. The van der Waals surface area contributed by atoms with E-state index in [0.717, 1.165) is 34.5 Å². The highest BCUT2D eigenvalue weighted by Gasteiger charge is 2.31. The number of aryl methyl sites for hydroxylation is 1. The van der Waals surface area contributed by atoms with Crippen molar-refractivity contribution in [3.05, 3.63) is 65.7 Å². The first kappa shape index (κ1) is 26.4. The van der Waals surface area contributed by atoms with Crippen molar-refractivity contribution in [2.45, 2.75) is 52.6 Å².